The van der Waals surface area contributed by atoms with Gasteiger partial charge in [0.2, 0.25) is 0 Å². The lowest BCUT2D eigenvalue weighted by Gasteiger charge is -2.13. The molecule has 0 N–H and O–H groups in total. The molecule has 0 aromatic heterocycles. The maximum absolute atomic E-state index is 6.41. The molecule has 1 atom stereocenters. The lowest BCUT2D eigenvalue weighted by atomic mass is 10.0. The van der Waals surface area contributed by atoms with E-state index in [1.54, 1.807) is 0 Å². The maximum Gasteiger partial charge on any atom is 0.0850 e. The zero-order valence-electron chi connectivity index (χ0n) is 8.63. The van der Waals surface area contributed by atoms with Crippen molar-refractivity contribution in [3.05, 3.63) is 68.1 Å². The van der Waals surface area contributed by atoms with E-state index in [0.29, 0.717) is 10.0 Å². The third-order valence-corrected chi connectivity index (χ3v) is 4.47. The first-order valence-electron chi connectivity index (χ1n) is 4.93. The van der Waals surface area contributed by atoms with Gasteiger partial charge < -0.3 is 0 Å². The van der Waals surface area contributed by atoms with E-state index in [1.165, 1.54) is 0 Å². The first-order chi connectivity index (χ1) is 8.09. The Hall–Kier alpha value is -0.210. The number of hydrogen-bond donors (Lipinski definition) is 0. The van der Waals surface area contributed by atoms with Gasteiger partial charge in [-0.15, -0.1) is 11.6 Å². The molecule has 4 heteroatoms. The Morgan fingerprint density at radius 2 is 1.59 bits per heavy atom. The summed E-state index contributed by atoms with van der Waals surface area (Å²) >= 11 is 21.9. The molecule has 0 aliphatic carbocycles. The molecule has 0 fully saturated rings. The third-order valence-electron chi connectivity index (χ3n) is 2.42. The fourth-order valence-electron chi connectivity index (χ4n) is 1.53. The van der Waals surface area contributed by atoms with Crippen molar-refractivity contribution in [1.82, 2.24) is 0 Å². The van der Waals surface area contributed by atoms with Gasteiger partial charge in [0.15, 0.2) is 0 Å². The summed E-state index contributed by atoms with van der Waals surface area (Å²) in [7, 11) is 0. The Bertz CT molecular complexity index is 523. The van der Waals surface area contributed by atoms with Crippen LogP contribution < -0.4 is 0 Å². The normalized spacial score (nSPS) is 12.5. The van der Waals surface area contributed by atoms with Gasteiger partial charge in [-0.05, 0) is 45.3 Å². The molecule has 0 amide bonds. The van der Waals surface area contributed by atoms with Gasteiger partial charge in [-0.1, -0.05) is 47.5 Å². The van der Waals surface area contributed by atoms with Crippen molar-refractivity contribution >= 4 is 50.7 Å². The van der Waals surface area contributed by atoms with E-state index >= 15 is 0 Å². The molecule has 88 valence electrons. The SMILES string of the molecule is Clc1ccc(C(Cl)c2cccc(Br)c2Cl)cc1. The second-order valence-electron chi connectivity index (χ2n) is 3.56. The largest absolute Gasteiger partial charge is 0.113 e. The van der Waals surface area contributed by atoms with Crippen LogP contribution in [0.5, 0.6) is 0 Å². The molecular weight excluding hydrogens is 342 g/mol. The fraction of sp³-hybridized carbons (Fsp3) is 0.0769. The van der Waals surface area contributed by atoms with Crippen LogP contribution in [0.2, 0.25) is 10.0 Å². The summed E-state index contributed by atoms with van der Waals surface area (Å²) in [6.07, 6.45) is 0. The zero-order chi connectivity index (χ0) is 12.4. The van der Waals surface area contributed by atoms with Crippen LogP contribution in [0.3, 0.4) is 0 Å². The highest BCUT2D eigenvalue weighted by molar-refractivity contribution is 9.10. The van der Waals surface area contributed by atoms with E-state index in [-0.39, 0.29) is 5.38 Å². The van der Waals surface area contributed by atoms with Gasteiger partial charge in [0, 0.05) is 9.50 Å². The van der Waals surface area contributed by atoms with Crippen molar-refractivity contribution < 1.29 is 0 Å². The predicted octanol–water partition coefficient (Wildman–Crippen LogP) is 6.08. The fourth-order valence-corrected chi connectivity index (χ4v) is 2.65. The van der Waals surface area contributed by atoms with E-state index in [2.05, 4.69) is 15.9 Å². The van der Waals surface area contributed by atoms with Crippen molar-refractivity contribution in [2.45, 2.75) is 5.38 Å². The maximum atomic E-state index is 6.41. The van der Waals surface area contributed by atoms with E-state index in [4.69, 9.17) is 34.8 Å². The molecule has 0 spiro atoms. The summed E-state index contributed by atoms with van der Waals surface area (Å²) in [6.45, 7) is 0. The molecule has 0 saturated carbocycles. The Kier molecular flexibility index (Phi) is 4.37. The monoisotopic (exact) mass is 348 g/mol. The summed E-state index contributed by atoms with van der Waals surface area (Å²) in [5, 5.41) is 1.05. The lowest BCUT2D eigenvalue weighted by Crippen LogP contribution is -1.94. The van der Waals surface area contributed by atoms with Gasteiger partial charge in [-0.25, -0.2) is 0 Å². The minimum absolute atomic E-state index is 0.280. The minimum Gasteiger partial charge on any atom is -0.113 e. The highest BCUT2D eigenvalue weighted by atomic mass is 79.9. The average molecular weight is 350 g/mol. The van der Waals surface area contributed by atoms with Gasteiger partial charge in [-0.2, -0.15) is 0 Å². The first-order valence-corrected chi connectivity index (χ1v) is 6.91. The summed E-state index contributed by atoms with van der Waals surface area (Å²) in [4.78, 5) is 0. The molecule has 0 aliphatic rings. The molecule has 0 saturated heterocycles. The highest BCUT2D eigenvalue weighted by Gasteiger charge is 2.15. The van der Waals surface area contributed by atoms with E-state index in [1.807, 2.05) is 42.5 Å². The van der Waals surface area contributed by atoms with Crippen molar-refractivity contribution in [2.75, 3.05) is 0 Å². The molecular formula is C13H8BrCl3. The van der Waals surface area contributed by atoms with Crippen LogP contribution in [0.25, 0.3) is 0 Å². The van der Waals surface area contributed by atoms with Crippen LogP contribution in [0.1, 0.15) is 16.5 Å². The third kappa shape index (κ3) is 2.97. The summed E-state index contributed by atoms with van der Waals surface area (Å²) in [5.74, 6) is 0. The Labute approximate surface area is 124 Å². The second-order valence-corrected chi connectivity index (χ2v) is 5.66. The minimum atomic E-state index is -0.280. The smallest absolute Gasteiger partial charge is 0.0850 e. The molecule has 0 bridgehead atoms. The van der Waals surface area contributed by atoms with Gasteiger partial charge in [0.05, 0.1) is 10.4 Å². The summed E-state index contributed by atoms with van der Waals surface area (Å²) in [5.41, 5.74) is 1.85. The van der Waals surface area contributed by atoms with Gasteiger partial charge in [0.1, 0.15) is 0 Å². The molecule has 1 unspecified atom stereocenters. The topological polar surface area (TPSA) is 0 Å². The molecule has 0 heterocycles. The van der Waals surface area contributed by atoms with Crippen molar-refractivity contribution in [1.29, 1.82) is 0 Å². The molecule has 2 rings (SSSR count). The van der Waals surface area contributed by atoms with Gasteiger partial charge >= 0.3 is 0 Å². The number of halogens is 4. The second kappa shape index (κ2) is 5.62. The van der Waals surface area contributed by atoms with Crippen LogP contribution in [0.15, 0.2) is 46.9 Å². The first kappa shape index (κ1) is 13.2. The van der Waals surface area contributed by atoms with Crippen LogP contribution in [-0.2, 0) is 0 Å². The highest BCUT2D eigenvalue weighted by Crippen LogP contribution is 2.37. The molecule has 2 aromatic rings. The van der Waals surface area contributed by atoms with Crippen molar-refractivity contribution in [3.8, 4) is 0 Å². The van der Waals surface area contributed by atoms with Crippen LogP contribution in [-0.4, -0.2) is 0 Å². The predicted molar refractivity (Wildman–Crippen MR) is 78.3 cm³/mol. The average Bonchev–Trinajstić information content (AvgIpc) is 2.33. The molecule has 2 aromatic carbocycles. The molecule has 0 nitrogen and oxygen atoms in total. The summed E-state index contributed by atoms with van der Waals surface area (Å²) < 4.78 is 0.844. The molecule has 0 radical (unpaired) electrons. The number of rotatable bonds is 2. The van der Waals surface area contributed by atoms with Crippen molar-refractivity contribution in [3.63, 3.8) is 0 Å². The Morgan fingerprint density at radius 3 is 2.24 bits per heavy atom. The number of alkyl halides is 1. The van der Waals surface area contributed by atoms with Crippen LogP contribution in [0, 0.1) is 0 Å². The van der Waals surface area contributed by atoms with Gasteiger partial charge in [-0.3, -0.25) is 0 Å². The summed E-state index contributed by atoms with van der Waals surface area (Å²) in [6, 6.07) is 13.2. The molecule has 0 aliphatic heterocycles. The van der Waals surface area contributed by atoms with E-state index in [0.717, 1.165) is 15.6 Å². The lowest BCUT2D eigenvalue weighted by molar-refractivity contribution is 1.14. The Morgan fingerprint density at radius 1 is 0.941 bits per heavy atom. The Balaban J connectivity index is 2.40. The van der Waals surface area contributed by atoms with Crippen LogP contribution in [0.4, 0.5) is 0 Å². The van der Waals surface area contributed by atoms with Gasteiger partial charge in [0.25, 0.3) is 0 Å². The quantitative estimate of drug-likeness (QED) is 0.575. The number of benzene rings is 2. The standard InChI is InChI=1S/C13H8BrCl3/c14-11-3-1-2-10(13(11)17)12(16)8-4-6-9(15)7-5-8/h1-7,12H. The molecule has 17 heavy (non-hydrogen) atoms. The van der Waals surface area contributed by atoms with E-state index < -0.39 is 0 Å². The number of hydrogen-bond acceptors (Lipinski definition) is 0. The van der Waals surface area contributed by atoms with Crippen molar-refractivity contribution in [2.24, 2.45) is 0 Å². The zero-order valence-corrected chi connectivity index (χ0v) is 12.5. The van der Waals surface area contributed by atoms with E-state index in [9.17, 15) is 0 Å². The van der Waals surface area contributed by atoms with Crippen LogP contribution >= 0.6 is 50.7 Å².